The van der Waals surface area contributed by atoms with Crippen molar-refractivity contribution >= 4 is 44.9 Å². The first-order chi connectivity index (χ1) is 13.7. The number of hydrogen-bond donors (Lipinski definition) is 2. The molecule has 28 heavy (non-hydrogen) atoms. The van der Waals surface area contributed by atoms with Crippen molar-refractivity contribution in [1.82, 2.24) is 15.2 Å². The number of carbonyl (C=O) groups excluding carboxylic acids is 1. The van der Waals surface area contributed by atoms with Gasteiger partial charge in [0.25, 0.3) is 0 Å². The van der Waals surface area contributed by atoms with E-state index in [0.717, 1.165) is 32.4 Å². The molecule has 0 aliphatic heterocycles. The summed E-state index contributed by atoms with van der Waals surface area (Å²) in [5.41, 5.74) is 3.92. The van der Waals surface area contributed by atoms with E-state index in [1.807, 2.05) is 55.7 Å². The highest BCUT2D eigenvalue weighted by Crippen LogP contribution is 2.41. The molecule has 7 heteroatoms. The monoisotopic (exact) mass is 408 g/mol. The lowest BCUT2D eigenvalue weighted by atomic mass is 10.0. The Hall–Kier alpha value is -2.64. The van der Waals surface area contributed by atoms with E-state index in [9.17, 15) is 4.79 Å². The second-order valence-electron chi connectivity index (χ2n) is 6.29. The average molecular weight is 409 g/mol. The molecule has 0 saturated carbocycles. The number of aryl methyl sites for hydroxylation is 1. The Morgan fingerprint density at radius 3 is 2.71 bits per heavy atom. The fraction of sp³-hybridized carbons (Fsp3) is 0.190. The van der Waals surface area contributed by atoms with Gasteiger partial charge in [-0.15, -0.1) is 10.2 Å². The fourth-order valence-corrected chi connectivity index (χ4v) is 5.18. The second-order valence-corrected chi connectivity index (χ2v) is 8.62. The summed E-state index contributed by atoms with van der Waals surface area (Å²) < 4.78 is 0.764. The molecule has 0 bridgehead atoms. The summed E-state index contributed by atoms with van der Waals surface area (Å²) in [6.07, 6.45) is 2.75. The van der Waals surface area contributed by atoms with E-state index in [1.165, 1.54) is 28.7 Å². The van der Waals surface area contributed by atoms with Gasteiger partial charge in [-0.05, 0) is 17.5 Å². The molecule has 1 atom stereocenters. The molecule has 0 radical (unpaired) electrons. The van der Waals surface area contributed by atoms with E-state index in [4.69, 9.17) is 0 Å². The van der Waals surface area contributed by atoms with Crippen LogP contribution in [0.1, 0.15) is 33.7 Å². The van der Waals surface area contributed by atoms with Crippen molar-refractivity contribution in [3.63, 3.8) is 0 Å². The molecule has 4 rings (SSSR count). The van der Waals surface area contributed by atoms with Gasteiger partial charge < -0.3 is 10.3 Å². The van der Waals surface area contributed by atoms with Crippen molar-refractivity contribution in [3.05, 3.63) is 71.4 Å². The minimum atomic E-state index is -0.386. The molecule has 5 nitrogen and oxygen atoms in total. The van der Waals surface area contributed by atoms with Gasteiger partial charge in [0, 0.05) is 29.7 Å². The maximum atomic E-state index is 13.6. The van der Waals surface area contributed by atoms with Crippen LogP contribution >= 0.6 is 23.1 Å². The Labute approximate surface area is 171 Å². The second kappa shape index (κ2) is 8.16. The van der Waals surface area contributed by atoms with Gasteiger partial charge in [-0.3, -0.25) is 4.79 Å². The van der Waals surface area contributed by atoms with Crippen LogP contribution in [0.5, 0.6) is 0 Å². The van der Waals surface area contributed by atoms with Crippen LogP contribution in [0, 0.1) is 0 Å². The first-order valence-corrected chi connectivity index (χ1v) is 10.8. The first kappa shape index (κ1) is 18.7. The number of benzene rings is 2. The third kappa shape index (κ3) is 3.55. The number of Topliss-reactive ketones (excluding diaryl/α,β-unsaturated/α-hetero) is 1. The molecule has 0 spiro atoms. The summed E-state index contributed by atoms with van der Waals surface area (Å²) in [6.45, 7) is 2.12. The van der Waals surface area contributed by atoms with Crippen LogP contribution in [0.4, 0.5) is 5.13 Å². The van der Waals surface area contributed by atoms with Crippen LogP contribution < -0.4 is 5.32 Å². The molecule has 0 fully saturated rings. The standard InChI is InChI=1S/C21H20N4OS2/c1-3-13-10-7-11-15-16(12-23-17(13)15)18(26)19(14-8-5-4-6-9-14)27-21-25-24-20(22-2)28-21/h4-12,19,23H,3H2,1-2H3,(H,22,24)/t19-/m1/s1. The van der Waals surface area contributed by atoms with Gasteiger partial charge in [0.15, 0.2) is 10.1 Å². The van der Waals surface area contributed by atoms with Crippen molar-refractivity contribution in [1.29, 1.82) is 0 Å². The molecule has 0 aliphatic rings. The molecule has 0 amide bonds. The van der Waals surface area contributed by atoms with Gasteiger partial charge in [0.1, 0.15) is 5.25 Å². The zero-order valence-corrected chi connectivity index (χ0v) is 17.2. The van der Waals surface area contributed by atoms with Crippen LogP contribution in [0.25, 0.3) is 10.9 Å². The molecule has 0 aliphatic carbocycles. The van der Waals surface area contributed by atoms with Gasteiger partial charge in [0.2, 0.25) is 5.13 Å². The van der Waals surface area contributed by atoms with Crippen LogP contribution in [0.15, 0.2) is 59.1 Å². The number of thioether (sulfide) groups is 1. The number of nitrogens with one attached hydrogen (secondary N) is 2. The van der Waals surface area contributed by atoms with E-state index in [1.54, 1.807) is 0 Å². The topological polar surface area (TPSA) is 70.7 Å². The Balaban J connectivity index is 1.75. The quantitative estimate of drug-likeness (QED) is 0.319. The number of aromatic amines is 1. The van der Waals surface area contributed by atoms with Crippen LogP contribution in [0.2, 0.25) is 0 Å². The van der Waals surface area contributed by atoms with E-state index in [0.29, 0.717) is 5.56 Å². The van der Waals surface area contributed by atoms with Crippen molar-refractivity contribution in [2.45, 2.75) is 22.9 Å². The molecule has 2 aromatic heterocycles. The smallest absolute Gasteiger partial charge is 0.206 e. The van der Waals surface area contributed by atoms with Crippen molar-refractivity contribution < 1.29 is 4.79 Å². The van der Waals surface area contributed by atoms with Crippen molar-refractivity contribution in [3.8, 4) is 0 Å². The summed E-state index contributed by atoms with van der Waals surface area (Å²) in [6, 6.07) is 16.0. The zero-order chi connectivity index (χ0) is 19.5. The summed E-state index contributed by atoms with van der Waals surface area (Å²) >= 11 is 2.89. The normalized spacial score (nSPS) is 12.2. The third-order valence-corrected chi connectivity index (χ3v) is 6.91. The van der Waals surface area contributed by atoms with Crippen molar-refractivity contribution in [2.75, 3.05) is 12.4 Å². The van der Waals surface area contributed by atoms with Gasteiger partial charge in [0.05, 0.1) is 0 Å². The van der Waals surface area contributed by atoms with Gasteiger partial charge in [-0.25, -0.2) is 0 Å². The summed E-state index contributed by atoms with van der Waals surface area (Å²) in [5.74, 6) is 0.0666. The Morgan fingerprint density at radius 1 is 1.18 bits per heavy atom. The number of ketones is 1. The molecule has 2 aromatic carbocycles. The molecule has 2 N–H and O–H groups in total. The minimum absolute atomic E-state index is 0.0666. The largest absolute Gasteiger partial charge is 0.363 e. The highest BCUT2D eigenvalue weighted by molar-refractivity contribution is 8.02. The molecule has 0 saturated heterocycles. The van der Waals surface area contributed by atoms with Crippen LogP contribution in [-0.2, 0) is 6.42 Å². The lowest BCUT2D eigenvalue weighted by Gasteiger charge is -2.14. The maximum absolute atomic E-state index is 13.6. The molecule has 142 valence electrons. The highest BCUT2D eigenvalue weighted by Gasteiger charge is 2.27. The Bertz CT molecular complexity index is 1100. The van der Waals surface area contributed by atoms with Crippen molar-refractivity contribution in [2.24, 2.45) is 0 Å². The number of aromatic nitrogens is 3. The van der Waals surface area contributed by atoms with Gasteiger partial charge >= 0.3 is 0 Å². The van der Waals surface area contributed by atoms with E-state index in [-0.39, 0.29) is 11.0 Å². The van der Waals surface area contributed by atoms with Crippen LogP contribution in [0.3, 0.4) is 0 Å². The summed E-state index contributed by atoms with van der Waals surface area (Å²) in [5, 5.41) is 12.6. The zero-order valence-electron chi connectivity index (χ0n) is 15.6. The Kier molecular flexibility index (Phi) is 5.45. The number of fused-ring (bicyclic) bond motifs is 1. The number of para-hydroxylation sites is 1. The lowest BCUT2D eigenvalue weighted by molar-refractivity contribution is 0.0991. The first-order valence-electron chi connectivity index (χ1n) is 9.07. The minimum Gasteiger partial charge on any atom is -0.363 e. The van der Waals surface area contributed by atoms with Crippen LogP contribution in [-0.4, -0.2) is 28.0 Å². The number of nitrogens with zero attached hydrogens (tertiary/aromatic N) is 2. The number of anilines is 1. The summed E-state index contributed by atoms with van der Waals surface area (Å²) in [7, 11) is 1.81. The van der Waals surface area contributed by atoms with E-state index < -0.39 is 0 Å². The van der Waals surface area contributed by atoms with Gasteiger partial charge in [-0.1, -0.05) is 78.6 Å². The third-order valence-electron chi connectivity index (χ3n) is 4.63. The highest BCUT2D eigenvalue weighted by atomic mass is 32.2. The molecule has 4 aromatic rings. The van der Waals surface area contributed by atoms with E-state index >= 15 is 0 Å². The number of hydrogen-bond acceptors (Lipinski definition) is 6. The van der Waals surface area contributed by atoms with E-state index in [2.05, 4.69) is 33.5 Å². The average Bonchev–Trinajstić information content (AvgIpc) is 3.38. The maximum Gasteiger partial charge on any atom is 0.206 e. The molecular formula is C21H20N4OS2. The SMILES string of the molecule is CCc1cccc2c(C(=O)[C@H](Sc3nnc(NC)s3)c3ccccc3)c[nH]c12. The Morgan fingerprint density at radius 2 is 2.00 bits per heavy atom. The fourth-order valence-electron chi connectivity index (χ4n) is 3.22. The molecule has 0 unspecified atom stereocenters. The van der Waals surface area contributed by atoms with Gasteiger partial charge in [-0.2, -0.15) is 0 Å². The lowest BCUT2D eigenvalue weighted by Crippen LogP contribution is -2.09. The number of carbonyl (C=O) groups is 1. The summed E-state index contributed by atoms with van der Waals surface area (Å²) in [4.78, 5) is 16.9. The number of H-pyrrole nitrogens is 1. The predicted molar refractivity (Wildman–Crippen MR) is 117 cm³/mol. The number of rotatable bonds is 7. The molecular weight excluding hydrogens is 388 g/mol. The predicted octanol–water partition coefficient (Wildman–Crippen LogP) is 5.34. The molecule has 2 heterocycles.